The zero-order chi connectivity index (χ0) is 23.1. The summed E-state index contributed by atoms with van der Waals surface area (Å²) in [6, 6.07) is 4.13. The van der Waals surface area contributed by atoms with E-state index in [1.165, 1.54) is 6.33 Å². The van der Waals surface area contributed by atoms with Crippen LogP contribution in [-0.2, 0) is 21.8 Å². The third-order valence-electron chi connectivity index (χ3n) is 5.43. The molecule has 10 heteroatoms. The summed E-state index contributed by atoms with van der Waals surface area (Å²) in [6.45, 7) is 7.89. The molecule has 3 aromatic rings. The first-order valence-corrected chi connectivity index (χ1v) is 10.8. The molecule has 0 spiro atoms. The fourth-order valence-corrected chi connectivity index (χ4v) is 3.96. The Bertz CT molecular complexity index is 1090. The number of aromatic nitrogens is 5. The fraction of sp³-hybridized carbons (Fsp3) is 0.500. The molecular weight excluding hydrogens is 410 g/mol. The number of nitriles is 1. The maximum absolute atomic E-state index is 11.6. The maximum Gasteiger partial charge on any atom is 0.307 e. The molecule has 3 aromatic heterocycles. The number of carbonyl (C=O) groups excluding carboxylic acids is 1. The van der Waals surface area contributed by atoms with Crippen LogP contribution in [0.3, 0.4) is 0 Å². The van der Waals surface area contributed by atoms with Crippen molar-refractivity contribution < 1.29 is 14.6 Å². The number of hydrogen-bond donors (Lipinski definition) is 1. The number of nitrogens with zero attached hydrogens (tertiary/aromatic N) is 7. The van der Waals surface area contributed by atoms with Crippen molar-refractivity contribution in [3.8, 4) is 17.3 Å². The van der Waals surface area contributed by atoms with Gasteiger partial charge in [0.1, 0.15) is 24.2 Å². The number of ether oxygens (including phenoxy) is 1. The second-order valence-corrected chi connectivity index (χ2v) is 7.38. The molecule has 0 aromatic carbocycles. The van der Waals surface area contributed by atoms with Crippen molar-refractivity contribution in [2.45, 2.75) is 45.9 Å². The molecule has 0 radical (unpaired) electrons. The third-order valence-corrected chi connectivity index (χ3v) is 5.43. The Labute approximate surface area is 187 Å². The van der Waals surface area contributed by atoms with Crippen LogP contribution >= 0.6 is 0 Å². The van der Waals surface area contributed by atoms with Gasteiger partial charge in [-0.25, -0.2) is 9.97 Å². The van der Waals surface area contributed by atoms with E-state index in [1.54, 1.807) is 23.9 Å². The predicted octanol–water partition coefficient (Wildman–Crippen LogP) is 2.15. The van der Waals surface area contributed by atoms with Crippen molar-refractivity contribution in [3.05, 3.63) is 31.0 Å². The van der Waals surface area contributed by atoms with E-state index in [0.29, 0.717) is 44.7 Å². The molecule has 170 valence electrons. The number of likely N-dealkylation sites (tertiary alicyclic amines) is 1. The zero-order valence-corrected chi connectivity index (χ0v) is 18.7. The molecule has 1 N–H and O–H groups in total. The molecule has 1 aliphatic heterocycles. The van der Waals surface area contributed by atoms with Crippen LogP contribution in [0.4, 0.5) is 0 Å². The minimum atomic E-state index is -0.426. The maximum atomic E-state index is 11.6. The van der Waals surface area contributed by atoms with E-state index in [1.807, 2.05) is 30.8 Å². The lowest BCUT2D eigenvalue weighted by Gasteiger charge is -2.49. The van der Waals surface area contributed by atoms with Gasteiger partial charge in [-0.3, -0.25) is 14.4 Å². The average molecular weight is 440 g/mol. The van der Waals surface area contributed by atoms with E-state index < -0.39 is 5.54 Å². The van der Waals surface area contributed by atoms with Gasteiger partial charge < -0.3 is 14.4 Å². The number of fused-ring (bicyclic) bond motifs is 1. The summed E-state index contributed by atoms with van der Waals surface area (Å²) in [5.41, 5.74) is 1.77. The van der Waals surface area contributed by atoms with Crippen LogP contribution in [0.2, 0.25) is 0 Å². The number of rotatable bonds is 8. The van der Waals surface area contributed by atoms with Gasteiger partial charge in [0.05, 0.1) is 37.4 Å². The topological polar surface area (TPSA) is 122 Å². The summed E-state index contributed by atoms with van der Waals surface area (Å²) >= 11 is 0. The van der Waals surface area contributed by atoms with Crippen LogP contribution in [0, 0.1) is 11.3 Å². The van der Waals surface area contributed by atoms with Gasteiger partial charge in [-0.05, 0) is 13.0 Å². The molecule has 32 heavy (non-hydrogen) atoms. The summed E-state index contributed by atoms with van der Waals surface area (Å²) in [7, 11) is 0. The van der Waals surface area contributed by atoms with E-state index in [2.05, 4.69) is 26.0 Å². The molecule has 0 unspecified atom stereocenters. The first-order chi connectivity index (χ1) is 15.6. The zero-order valence-electron chi connectivity index (χ0n) is 18.7. The normalized spacial score (nSPS) is 14.8. The highest BCUT2D eigenvalue weighted by molar-refractivity contribution is 5.90. The van der Waals surface area contributed by atoms with Gasteiger partial charge in [0.15, 0.2) is 0 Å². The predicted molar refractivity (Wildman–Crippen MR) is 118 cm³/mol. The SMILES string of the molecule is CC.CCOC(=O)CCN1CC(CC#N)(n2cc(-c3ncnc4c3ccn4CO)cn2)C1. The molecule has 4 heterocycles. The van der Waals surface area contributed by atoms with Crippen molar-refractivity contribution >= 4 is 17.0 Å². The number of aliphatic hydroxyl groups excluding tert-OH is 1. The first-order valence-electron chi connectivity index (χ1n) is 10.8. The Kier molecular flexibility index (Phi) is 7.56. The Balaban J connectivity index is 0.00000141. The van der Waals surface area contributed by atoms with Crippen LogP contribution in [0.25, 0.3) is 22.3 Å². The quantitative estimate of drug-likeness (QED) is 0.530. The molecule has 1 aliphatic rings. The van der Waals surface area contributed by atoms with E-state index in [9.17, 15) is 15.2 Å². The number of hydrogen-bond acceptors (Lipinski definition) is 8. The van der Waals surface area contributed by atoms with Crippen molar-refractivity contribution in [2.24, 2.45) is 0 Å². The fourth-order valence-electron chi connectivity index (χ4n) is 3.96. The van der Waals surface area contributed by atoms with Gasteiger partial charge in [-0.2, -0.15) is 10.4 Å². The Morgan fingerprint density at radius 1 is 1.34 bits per heavy atom. The minimum Gasteiger partial charge on any atom is -0.466 e. The first kappa shape index (κ1) is 23.4. The molecule has 0 aliphatic carbocycles. The van der Waals surface area contributed by atoms with Crippen LogP contribution in [-0.4, -0.2) is 66.5 Å². The smallest absolute Gasteiger partial charge is 0.307 e. The monoisotopic (exact) mass is 439 g/mol. The number of esters is 1. The van der Waals surface area contributed by atoms with E-state index in [0.717, 1.165) is 16.6 Å². The number of carbonyl (C=O) groups is 1. The van der Waals surface area contributed by atoms with Gasteiger partial charge in [0, 0.05) is 43.0 Å². The summed E-state index contributed by atoms with van der Waals surface area (Å²) in [5.74, 6) is -0.209. The van der Waals surface area contributed by atoms with E-state index in [4.69, 9.17) is 4.74 Å². The van der Waals surface area contributed by atoms with Crippen molar-refractivity contribution in [3.63, 3.8) is 0 Å². The lowest BCUT2D eigenvalue weighted by molar-refractivity contribution is -0.144. The summed E-state index contributed by atoms with van der Waals surface area (Å²) in [6.07, 6.45) is 7.52. The van der Waals surface area contributed by atoms with Gasteiger partial charge in [-0.1, -0.05) is 13.8 Å². The Morgan fingerprint density at radius 2 is 2.12 bits per heavy atom. The molecule has 0 bridgehead atoms. The molecule has 4 rings (SSSR count). The second kappa shape index (κ2) is 10.3. The molecule has 0 amide bonds. The lowest BCUT2D eigenvalue weighted by Crippen LogP contribution is -2.62. The minimum absolute atomic E-state index is 0.161. The standard InChI is InChI=1S/C20H23N7O3.C2H6/c1-2-30-17(29)4-7-25-11-20(12-25,5-6-21)27-10-15(9-24-27)18-16-3-8-26(14-28)19(16)23-13-22-18;1-2/h3,8-10,13,28H,2,4-5,7,11-12,14H2,1H3;1-2H3. The summed E-state index contributed by atoms with van der Waals surface area (Å²) in [4.78, 5) is 22.4. The summed E-state index contributed by atoms with van der Waals surface area (Å²) < 4.78 is 8.45. The van der Waals surface area contributed by atoms with Crippen molar-refractivity contribution in [1.29, 1.82) is 5.26 Å². The second-order valence-electron chi connectivity index (χ2n) is 7.38. The highest BCUT2D eigenvalue weighted by atomic mass is 16.5. The van der Waals surface area contributed by atoms with Crippen LogP contribution < -0.4 is 0 Å². The van der Waals surface area contributed by atoms with Crippen molar-refractivity contribution in [2.75, 3.05) is 26.2 Å². The highest BCUT2D eigenvalue weighted by Crippen LogP contribution is 2.34. The Hall–Kier alpha value is -3.29. The van der Waals surface area contributed by atoms with Crippen LogP contribution in [0.1, 0.15) is 33.6 Å². The van der Waals surface area contributed by atoms with E-state index in [-0.39, 0.29) is 12.7 Å². The van der Waals surface area contributed by atoms with Gasteiger partial charge in [0.25, 0.3) is 0 Å². The Morgan fingerprint density at radius 3 is 2.81 bits per heavy atom. The molecule has 10 nitrogen and oxygen atoms in total. The summed E-state index contributed by atoms with van der Waals surface area (Å²) in [5, 5.41) is 24.2. The lowest BCUT2D eigenvalue weighted by atomic mass is 9.86. The largest absolute Gasteiger partial charge is 0.466 e. The number of aliphatic hydroxyl groups is 1. The molecule has 0 saturated carbocycles. The molecule has 0 atom stereocenters. The average Bonchev–Trinajstić information content (AvgIpc) is 3.44. The highest BCUT2D eigenvalue weighted by Gasteiger charge is 2.45. The van der Waals surface area contributed by atoms with Crippen LogP contribution in [0.15, 0.2) is 31.0 Å². The molecular formula is C22H29N7O3. The molecule has 1 saturated heterocycles. The van der Waals surface area contributed by atoms with Gasteiger partial charge in [0.2, 0.25) is 0 Å². The van der Waals surface area contributed by atoms with Crippen molar-refractivity contribution in [1.82, 2.24) is 29.2 Å². The van der Waals surface area contributed by atoms with Gasteiger partial charge in [-0.15, -0.1) is 0 Å². The van der Waals surface area contributed by atoms with Gasteiger partial charge >= 0.3 is 5.97 Å². The van der Waals surface area contributed by atoms with Crippen LogP contribution in [0.5, 0.6) is 0 Å². The third kappa shape index (κ3) is 4.49. The molecule has 1 fully saturated rings. The van der Waals surface area contributed by atoms with E-state index >= 15 is 0 Å².